The number of halogens is 1. The summed E-state index contributed by atoms with van der Waals surface area (Å²) in [6, 6.07) is 7.90. The van der Waals surface area contributed by atoms with Crippen LogP contribution >= 0.6 is 12.4 Å². The van der Waals surface area contributed by atoms with E-state index in [2.05, 4.69) is 30.9 Å². The van der Waals surface area contributed by atoms with Crippen LogP contribution in [-0.4, -0.2) is 70.3 Å². The topological polar surface area (TPSA) is 88.0 Å². The van der Waals surface area contributed by atoms with Gasteiger partial charge in [-0.15, -0.1) is 22.6 Å². The van der Waals surface area contributed by atoms with Crippen LogP contribution in [-0.2, 0) is 11.3 Å². The second-order valence-corrected chi connectivity index (χ2v) is 6.30. The number of carbonyl (C=O) groups excluding carboxylic acids is 1. The Labute approximate surface area is 159 Å². The van der Waals surface area contributed by atoms with Crippen molar-refractivity contribution < 1.29 is 4.79 Å². The Bertz CT molecular complexity index is 683. The fourth-order valence-electron chi connectivity index (χ4n) is 2.78. The van der Waals surface area contributed by atoms with Crippen molar-refractivity contribution in [3.05, 3.63) is 29.8 Å². The second kappa shape index (κ2) is 10.2. The third-order valence-corrected chi connectivity index (χ3v) is 4.23. The minimum Gasteiger partial charge on any atom is -0.354 e. The highest BCUT2D eigenvalue weighted by Crippen LogP contribution is 2.13. The van der Waals surface area contributed by atoms with Crippen molar-refractivity contribution in [2.75, 3.05) is 39.3 Å². The summed E-state index contributed by atoms with van der Waals surface area (Å²) in [5.74, 6) is 0.444. The number of nitrogens with one attached hydrogen (secondary N) is 2. The molecule has 2 aromatic rings. The molecule has 0 radical (unpaired) electrons. The number of carbonyl (C=O) groups is 1. The zero-order valence-electron chi connectivity index (χ0n) is 15.0. The van der Waals surface area contributed by atoms with Gasteiger partial charge in [0.05, 0.1) is 0 Å². The van der Waals surface area contributed by atoms with Crippen molar-refractivity contribution in [1.82, 2.24) is 35.7 Å². The van der Waals surface area contributed by atoms with Gasteiger partial charge >= 0.3 is 0 Å². The van der Waals surface area contributed by atoms with Gasteiger partial charge in [0.15, 0.2) is 0 Å². The van der Waals surface area contributed by atoms with E-state index in [1.54, 1.807) is 0 Å². The van der Waals surface area contributed by atoms with E-state index in [1.807, 2.05) is 31.2 Å². The van der Waals surface area contributed by atoms with E-state index in [4.69, 9.17) is 0 Å². The highest BCUT2D eigenvalue weighted by atomic mass is 35.5. The number of amides is 1. The number of hydrogen-bond donors (Lipinski definition) is 2. The Balaban J connectivity index is 0.00000243. The first-order valence-electron chi connectivity index (χ1n) is 8.75. The summed E-state index contributed by atoms with van der Waals surface area (Å²) in [6.45, 7) is 8.06. The molecule has 1 aliphatic rings. The Morgan fingerprint density at radius 2 is 1.96 bits per heavy atom. The van der Waals surface area contributed by atoms with Gasteiger partial charge in [-0.25, -0.2) is 0 Å². The lowest BCUT2D eigenvalue weighted by atomic mass is 10.1. The molecule has 1 aromatic heterocycles. The number of rotatable bonds is 7. The molecule has 0 aliphatic carbocycles. The summed E-state index contributed by atoms with van der Waals surface area (Å²) in [5.41, 5.74) is 2.07. The molecule has 2 heterocycles. The average molecular weight is 380 g/mol. The van der Waals surface area contributed by atoms with Crippen molar-refractivity contribution in [2.45, 2.75) is 19.9 Å². The molecule has 1 aromatic carbocycles. The first-order chi connectivity index (χ1) is 12.2. The van der Waals surface area contributed by atoms with Crippen LogP contribution in [0.5, 0.6) is 0 Å². The van der Waals surface area contributed by atoms with E-state index in [-0.39, 0.29) is 24.9 Å². The van der Waals surface area contributed by atoms with Gasteiger partial charge < -0.3 is 15.5 Å². The van der Waals surface area contributed by atoms with Crippen LogP contribution in [0.4, 0.5) is 0 Å². The van der Waals surface area contributed by atoms with Crippen LogP contribution < -0.4 is 10.6 Å². The lowest BCUT2D eigenvalue weighted by Gasteiger charge is -2.27. The molecule has 0 atom stereocenters. The third-order valence-electron chi connectivity index (χ3n) is 4.23. The molecule has 0 spiro atoms. The lowest BCUT2D eigenvalue weighted by molar-refractivity contribution is -0.122. The molecular weight excluding hydrogens is 354 g/mol. The quantitative estimate of drug-likeness (QED) is 0.680. The molecule has 1 saturated heterocycles. The van der Waals surface area contributed by atoms with E-state index in [1.165, 1.54) is 10.4 Å². The summed E-state index contributed by atoms with van der Waals surface area (Å²) in [5, 5.41) is 18.5. The van der Waals surface area contributed by atoms with Crippen LogP contribution in [0.25, 0.3) is 11.4 Å². The van der Waals surface area contributed by atoms with Crippen molar-refractivity contribution in [2.24, 2.45) is 0 Å². The van der Waals surface area contributed by atoms with E-state index in [0.717, 1.165) is 44.7 Å². The molecule has 1 aliphatic heterocycles. The van der Waals surface area contributed by atoms with Crippen molar-refractivity contribution in [1.29, 1.82) is 0 Å². The van der Waals surface area contributed by atoms with Gasteiger partial charge in [0.25, 0.3) is 0 Å². The lowest BCUT2D eigenvalue weighted by Crippen LogP contribution is -2.44. The maximum Gasteiger partial charge on any atom is 0.243 e. The summed E-state index contributed by atoms with van der Waals surface area (Å²) in [4.78, 5) is 15.7. The number of piperazine rings is 1. The van der Waals surface area contributed by atoms with Crippen molar-refractivity contribution in [3.63, 3.8) is 0 Å². The molecule has 1 fully saturated rings. The normalized spacial score (nSPS) is 14.7. The minimum absolute atomic E-state index is 0. The second-order valence-electron chi connectivity index (χ2n) is 6.30. The van der Waals surface area contributed by atoms with E-state index in [0.29, 0.717) is 12.4 Å². The molecule has 3 rings (SSSR count). The SMILES string of the molecule is Cc1ccc(-c2nnn(CC(=O)NCCCN3CCNCC3)n2)cc1.Cl. The van der Waals surface area contributed by atoms with Crippen molar-refractivity contribution >= 4 is 18.3 Å². The zero-order chi connectivity index (χ0) is 17.5. The van der Waals surface area contributed by atoms with Crippen LogP contribution in [0.2, 0.25) is 0 Å². The molecular formula is C17H26ClN7O. The van der Waals surface area contributed by atoms with Gasteiger partial charge in [0.2, 0.25) is 11.7 Å². The van der Waals surface area contributed by atoms with E-state index >= 15 is 0 Å². The molecule has 8 nitrogen and oxygen atoms in total. The Morgan fingerprint density at radius 1 is 1.23 bits per heavy atom. The summed E-state index contributed by atoms with van der Waals surface area (Å²) < 4.78 is 0. The van der Waals surface area contributed by atoms with Crippen LogP contribution in [0.1, 0.15) is 12.0 Å². The van der Waals surface area contributed by atoms with E-state index in [9.17, 15) is 4.79 Å². The molecule has 142 valence electrons. The number of benzene rings is 1. The Kier molecular flexibility index (Phi) is 7.96. The van der Waals surface area contributed by atoms with Gasteiger partial charge in [-0.3, -0.25) is 4.79 Å². The molecule has 0 saturated carbocycles. The average Bonchev–Trinajstić information content (AvgIpc) is 3.09. The number of tetrazole rings is 1. The first kappa shape index (κ1) is 20.3. The number of hydrogen-bond acceptors (Lipinski definition) is 6. The van der Waals surface area contributed by atoms with Gasteiger partial charge in [-0.05, 0) is 25.1 Å². The fourth-order valence-corrected chi connectivity index (χ4v) is 2.78. The van der Waals surface area contributed by atoms with Gasteiger partial charge in [0.1, 0.15) is 6.54 Å². The van der Waals surface area contributed by atoms with Crippen molar-refractivity contribution in [3.8, 4) is 11.4 Å². The zero-order valence-corrected chi connectivity index (χ0v) is 15.8. The third kappa shape index (κ3) is 6.05. The Morgan fingerprint density at radius 3 is 2.69 bits per heavy atom. The van der Waals surface area contributed by atoms with Crippen LogP contribution in [0.15, 0.2) is 24.3 Å². The predicted octanol–water partition coefficient (Wildman–Crippen LogP) is 0.482. The first-order valence-corrected chi connectivity index (χ1v) is 8.75. The fraction of sp³-hybridized carbons (Fsp3) is 0.529. The monoisotopic (exact) mass is 379 g/mol. The number of nitrogens with zero attached hydrogens (tertiary/aromatic N) is 5. The maximum atomic E-state index is 12.0. The molecule has 0 unspecified atom stereocenters. The molecule has 9 heteroatoms. The summed E-state index contributed by atoms with van der Waals surface area (Å²) >= 11 is 0. The van der Waals surface area contributed by atoms with Crippen LogP contribution in [0.3, 0.4) is 0 Å². The summed E-state index contributed by atoms with van der Waals surface area (Å²) in [7, 11) is 0. The predicted molar refractivity (Wildman–Crippen MR) is 102 cm³/mol. The van der Waals surface area contributed by atoms with Crippen LogP contribution in [0, 0.1) is 6.92 Å². The molecule has 1 amide bonds. The van der Waals surface area contributed by atoms with Gasteiger partial charge in [-0.1, -0.05) is 29.8 Å². The minimum atomic E-state index is -0.0897. The smallest absolute Gasteiger partial charge is 0.243 e. The Hall–Kier alpha value is -2.03. The summed E-state index contributed by atoms with van der Waals surface area (Å²) in [6.07, 6.45) is 0.950. The maximum absolute atomic E-state index is 12.0. The highest BCUT2D eigenvalue weighted by Gasteiger charge is 2.10. The highest BCUT2D eigenvalue weighted by molar-refractivity contribution is 5.85. The number of aryl methyl sites for hydroxylation is 1. The van der Waals surface area contributed by atoms with Gasteiger partial charge in [-0.2, -0.15) is 4.80 Å². The largest absolute Gasteiger partial charge is 0.354 e. The molecule has 26 heavy (non-hydrogen) atoms. The molecule has 0 bridgehead atoms. The van der Waals surface area contributed by atoms with Gasteiger partial charge in [0, 0.05) is 38.3 Å². The number of aromatic nitrogens is 4. The molecule has 2 N–H and O–H groups in total. The standard InChI is InChI=1S/C17H25N7O.ClH/c1-14-3-5-15(6-4-14)17-20-22-24(21-17)13-16(25)19-7-2-10-23-11-8-18-9-12-23;/h3-6,18H,2,7-13H2,1H3,(H,19,25);1H. The van der Waals surface area contributed by atoms with E-state index < -0.39 is 0 Å².